The Kier molecular flexibility index (Phi) is 5.65. The standard InChI is InChI=1S/C24H26N4O2/c1-16-6-11-21-20(14-16)23(28-12-4-3-5-13-28)15-22(27-21)24(30)26-19-9-7-18(8-10-19)25-17(2)29/h6-11,14-15H,3-5,12-13H2,1-2H3,(H,25,29)(H,26,30). The third-order valence-electron chi connectivity index (χ3n) is 5.33. The number of carbonyl (C=O) groups is 2. The Bertz CT molecular complexity index is 1090. The Morgan fingerprint density at radius 3 is 2.23 bits per heavy atom. The molecule has 4 rings (SSSR count). The number of hydrogen-bond acceptors (Lipinski definition) is 4. The van der Waals surface area contributed by atoms with Gasteiger partial charge in [0.25, 0.3) is 5.91 Å². The van der Waals surface area contributed by atoms with Crippen LogP contribution in [0.1, 0.15) is 42.2 Å². The van der Waals surface area contributed by atoms with Crippen LogP contribution < -0.4 is 15.5 Å². The summed E-state index contributed by atoms with van der Waals surface area (Å²) in [6.45, 7) is 5.53. The number of rotatable bonds is 4. The number of fused-ring (bicyclic) bond motifs is 1. The molecule has 1 fully saturated rings. The summed E-state index contributed by atoms with van der Waals surface area (Å²) < 4.78 is 0. The molecule has 3 aromatic rings. The largest absolute Gasteiger partial charge is 0.371 e. The monoisotopic (exact) mass is 402 g/mol. The van der Waals surface area contributed by atoms with Crippen LogP contribution in [0.3, 0.4) is 0 Å². The molecule has 2 heterocycles. The number of aryl methyl sites for hydroxylation is 1. The van der Waals surface area contributed by atoms with Crippen molar-refractivity contribution in [1.82, 2.24) is 4.98 Å². The van der Waals surface area contributed by atoms with Crippen molar-refractivity contribution in [3.63, 3.8) is 0 Å². The van der Waals surface area contributed by atoms with Crippen LogP contribution in [-0.2, 0) is 4.79 Å². The lowest BCUT2D eigenvalue weighted by Gasteiger charge is -2.30. The first-order valence-electron chi connectivity index (χ1n) is 10.3. The van der Waals surface area contributed by atoms with Crippen LogP contribution in [0.4, 0.5) is 17.1 Å². The molecule has 0 atom stereocenters. The number of hydrogen-bond donors (Lipinski definition) is 2. The molecule has 6 heteroatoms. The van der Waals surface area contributed by atoms with Gasteiger partial charge in [-0.2, -0.15) is 0 Å². The van der Waals surface area contributed by atoms with Gasteiger partial charge in [-0.15, -0.1) is 0 Å². The van der Waals surface area contributed by atoms with E-state index in [2.05, 4.69) is 33.5 Å². The molecule has 0 spiro atoms. The first kappa shape index (κ1) is 19.9. The van der Waals surface area contributed by atoms with E-state index in [-0.39, 0.29) is 11.8 Å². The normalized spacial score (nSPS) is 13.9. The molecule has 0 saturated carbocycles. The Balaban J connectivity index is 1.63. The summed E-state index contributed by atoms with van der Waals surface area (Å²) >= 11 is 0. The molecular weight excluding hydrogens is 376 g/mol. The summed E-state index contributed by atoms with van der Waals surface area (Å²) in [6.07, 6.45) is 3.58. The minimum Gasteiger partial charge on any atom is -0.371 e. The van der Waals surface area contributed by atoms with Gasteiger partial charge >= 0.3 is 0 Å². The van der Waals surface area contributed by atoms with Crippen molar-refractivity contribution in [1.29, 1.82) is 0 Å². The van der Waals surface area contributed by atoms with Crippen LogP contribution in [0.15, 0.2) is 48.5 Å². The van der Waals surface area contributed by atoms with E-state index in [4.69, 9.17) is 0 Å². The van der Waals surface area contributed by atoms with Gasteiger partial charge in [-0.3, -0.25) is 9.59 Å². The Labute approximate surface area is 176 Å². The van der Waals surface area contributed by atoms with Gasteiger partial charge in [0.15, 0.2) is 0 Å². The summed E-state index contributed by atoms with van der Waals surface area (Å²) in [6, 6.07) is 15.1. The quantitative estimate of drug-likeness (QED) is 0.661. The molecule has 2 N–H and O–H groups in total. The summed E-state index contributed by atoms with van der Waals surface area (Å²) in [5.74, 6) is -0.379. The molecule has 1 saturated heterocycles. The van der Waals surface area contributed by atoms with E-state index in [1.54, 1.807) is 24.3 Å². The maximum Gasteiger partial charge on any atom is 0.274 e. The zero-order valence-electron chi connectivity index (χ0n) is 17.4. The van der Waals surface area contributed by atoms with Crippen LogP contribution in [0.25, 0.3) is 10.9 Å². The molecular formula is C24H26N4O2. The SMILES string of the molecule is CC(=O)Nc1ccc(NC(=O)c2cc(N3CCCCC3)c3cc(C)ccc3n2)cc1. The van der Waals surface area contributed by atoms with Gasteiger partial charge in [-0.1, -0.05) is 11.6 Å². The Morgan fingerprint density at radius 1 is 0.900 bits per heavy atom. The van der Waals surface area contributed by atoms with E-state index in [1.165, 1.54) is 18.9 Å². The lowest BCUT2D eigenvalue weighted by Crippen LogP contribution is -2.30. The van der Waals surface area contributed by atoms with Gasteiger partial charge < -0.3 is 15.5 Å². The summed E-state index contributed by atoms with van der Waals surface area (Å²) in [5.41, 5.74) is 4.83. The number of piperidine rings is 1. The smallest absolute Gasteiger partial charge is 0.274 e. The van der Waals surface area contributed by atoms with Crippen molar-refractivity contribution in [2.24, 2.45) is 0 Å². The number of aromatic nitrogens is 1. The Hall–Kier alpha value is -3.41. The fraction of sp³-hybridized carbons (Fsp3) is 0.292. The highest BCUT2D eigenvalue weighted by Crippen LogP contribution is 2.30. The highest BCUT2D eigenvalue weighted by Gasteiger charge is 2.18. The molecule has 1 aromatic heterocycles. The van der Waals surface area contributed by atoms with Crippen molar-refractivity contribution in [3.8, 4) is 0 Å². The first-order chi connectivity index (χ1) is 14.5. The second-order valence-electron chi connectivity index (χ2n) is 7.81. The number of carbonyl (C=O) groups excluding carboxylic acids is 2. The highest BCUT2D eigenvalue weighted by atomic mass is 16.2. The second kappa shape index (κ2) is 8.53. The Morgan fingerprint density at radius 2 is 1.57 bits per heavy atom. The molecule has 0 bridgehead atoms. The number of nitrogens with one attached hydrogen (secondary N) is 2. The van der Waals surface area contributed by atoms with Crippen LogP contribution in [-0.4, -0.2) is 29.9 Å². The molecule has 2 amide bonds. The van der Waals surface area contributed by atoms with Crippen LogP contribution in [0.5, 0.6) is 0 Å². The predicted octanol–water partition coefficient (Wildman–Crippen LogP) is 4.74. The molecule has 0 aliphatic carbocycles. The molecule has 154 valence electrons. The first-order valence-corrected chi connectivity index (χ1v) is 10.3. The van der Waals surface area contributed by atoms with Crippen LogP contribution >= 0.6 is 0 Å². The fourth-order valence-corrected chi connectivity index (χ4v) is 3.87. The van der Waals surface area contributed by atoms with Crippen molar-refractivity contribution >= 4 is 39.8 Å². The van der Waals surface area contributed by atoms with Crippen molar-refractivity contribution in [3.05, 3.63) is 59.8 Å². The molecule has 0 radical (unpaired) electrons. The fourth-order valence-electron chi connectivity index (χ4n) is 3.87. The number of anilines is 3. The average molecular weight is 402 g/mol. The average Bonchev–Trinajstić information content (AvgIpc) is 2.74. The zero-order chi connectivity index (χ0) is 21.1. The summed E-state index contributed by atoms with van der Waals surface area (Å²) in [5, 5.41) is 6.72. The van der Waals surface area contributed by atoms with Gasteiger partial charge in [0, 0.05) is 42.5 Å². The van der Waals surface area contributed by atoms with Crippen molar-refractivity contribution in [2.45, 2.75) is 33.1 Å². The third-order valence-corrected chi connectivity index (χ3v) is 5.33. The van der Waals surface area contributed by atoms with Crippen molar-refractivity contribution < 1.29 is 9.59 Å². The minimum atomic E-state index is -0.247. The maximum absolute atomic E-state index is 13.0. The topological polar surface area (TPSA) is 74.3 Å². The van der Waals surface area contributed by atoms with E-state index in [0.29, 0.717) is 17.1 Å². The van der Waals surface area contributed by atoms with Gasteiger partial charge in [0.2, 0.25) is 5.91 Å². The number of amides is 2. The maximum atomic E-state index is 13.0. The van der Waals surface area contributed by atoms with E-state index in [0.717, 1.165) is 42.5 Å². The number of benzene rings is 2. The van der Waals surface area contributed by atoms with Gasteiger partial charge in [-0.25, -0.2) is 4.98 Å². The summed E-state index contributed by atoms with van der Waals surface area (Å²) in [4.78, 5) is 31.1. The number of pyridine rings is 1. The summed E-state index contributed by atoms with van der Waals surface area (Å²) in [7, 11) is 0. The lowest BCUT2D eigenvalue weighted by atomic mass is 10.1. The van der Waals surface area contributed by atoms with E-state index >= 15 is 0 Å². The molecule has 0 unspecified atom stereocenters. The van der Waals surface area contributed by atoms with Gasteiger partial charge in [-0.05, 0) is 68.7 Å². The molecule has 1 aliphatic rings. The molecule has 6 nitrogen and oxygen atoms in total. The predicted molar refractivity (Wildman–Crippen MR) is 121 cm³/mol. The number of nitrogens with zero attached hydrogens (tertiary/aromatic N) is 2. The van der Waals surface area contributed by atoms with E-state index in [9.17, 15) is 9.59 Å². The molecule has 2 aromatic carbocycles. The van der Waals surface area contributed by atoms with Crippen molar-refractivity contribution in [2.75, 3.05) is 28.6 Å². The third kappa shape index (κ3) is 4.43. The van der Waals surface area contributed by atoms with Gasteiger partial charge in [0.1, 0.15) is 5.69 Å². The zero-order valence-corrected chi connectivity index (χ0v) is 17.4. The van der Waals surface area contributed by atoms with E-state index in [1.807, 2.05) is 18.2 Å². The molecule has 1 aliphatic heterocycles. The van der Waals surface area contributed by atoms with E-state index < -0.39 is 0 Å². The van der Waals surface area contributed by atoms with Gasteiger partial charge in [0.05, 0.1) is 5.52 Å². The van der Waals surface area contributed by atoms with Crippen LogP contribution in [0, 0.1) is 6.92 Å². The second-order valence-corrected chi connectivity index (χ2v) is 7.81. The molecule has 30 heavy (non-hydrogen) atoms. The van der Waals surface area contributed by atoms with Crippen LogP contribution in [0.2, 0.25) is 0 Å². The lowest BCUT2D eigenvalue weighted by molar-refractivity contribution is -0.114. The minimum absolute atomic E-state index is 0.132. The highest BCUT2D eigenvalue weighted by molar-refractivity contribution is 6.06.